The molecule has 0 spiro atoms. The summed E-state index contributed by atoms with van der Waals surface area (Å²) in [6.45, 7) is 2.13. The van der Waals surface area contributed by atoms with E-state index in [-0.39, 0.29) is 19.1 Å². The maximum atomic E-state index is 12.0. The first-order chi connectivity index (χ1) is 12.1. The van der Waals surface area contributed by atoms with E-state index in [1.807, 2.05) is 55.5 Å². The number of halogens is 1. The molecular formula is C17H16BrN5O2. The first kappa shape index (κ1) is 17.1. The normalized spacial score (nSPS) is 10.5. The number of hydrogen-bond donors (Lipinski definition) is 1. The molecule has 0 unspecified atom stereocenters. The van der Waals surface area contributed by atoms with Crippen molar-refractivity contribution in [1.29, 1.82) is 0 Å². The summed E-state index contributed by atoms with van der Waals surface area (Å²) in [5, 5.41) is 14.3. The van der Waals surface area contributed by atoms with E-state index < -0.39 is 0 Å². The molecule has 2 aromatic carbocycles. The van der Waals surface area contributed by atoms with Gasteiger partial charge in [-0.1, -0.05) is 33.6 Å². The second kappa shape index (κ2) is 7.89. The Morgan fingerprint density at radius 3 is 2.60 bits per heavy atom. The molecule has 0 aliphatic rings. The molecule has 25 heavy (non-hydrogen) atoms. The van der Waals surface area contributed by atoms with Crippen molar-refractivity contribution in [3.05, 3.63) is 64.4 Å². The lowest BCUT2D eigenvalue weighted by Crippen LogP contribution is -2.29. The number of carbonyl (C=O) groups excluding carboxylic acids is 1. The van der Waals surface area contributed by atoms with Gasteiger partial charge in [0, 0.05) is 4.47 Å². The maximum absolute atomic E-state index is 12.0. The highest BCUT2D eigenvalue weighted by Gasteiger charge is 2.10. The molecule has 128 valence electrons. The number of benzene rings is 2. The number of rotatable bonds is 6. The molecule has 0 atom stereocenters. The molecule has 1 aromatic heterocycles. The van der Waals surface area contributed by atoms with Crippen molar-refractivity contribution < 1.29 is 9.53 Å². The number of aromatic nitrogens is 4. The number of hydrogen-bond acceptors (Lipinski definition) is 5. The third kappa shape index (κ3) is 4.63. The summed E-state index contributed by atoms with van der Waals surface area (Å²) in [4.78, 5) is 12.0. The molecule has 0 aliphatic heterocycles. The summed E-state index contributed by atoms with van der Waals surface area (Å²) in [6.07, 6.45) is 0. The van der Waals surface area contributed by atoms with Crippen LogP contribution >= 0.6 is 15.9 Å². The van der Waals surface area contributed by atoms with Crippen LogP contribution in [0, 0.1) is 6.92 Å². The second-order valence-electron chi connectivity index (χ2n) is 5.36. The number of aryl methyl sites for hydroxylation is 1. The number of nitrogens with one attached hydrogen (secondary N) is 1. The third-order valence-corrected chi connectivity index (χ3v) is 3.97. The monoisotopic (exact) mass is 401 g/mol. The van der Waals surface area contributed by atoms with Crippen LogP contribution in [0.2, 0.25) is 0 Å². The van der Waals surface area contributed by atoms with Gasteiger partial charge < -0.3 is 10.1 Å². The van der Waals surface area contributed by atoms with Gasteiger partial charge >= 0.3 is 0 Å². The van der Waals surface area contributed by atoms with Crippen molar-refractivity contribution in [2.75, 3.05) is 6.61 Å². The van der Waals surface area contributed by atoms with Gasteiger partial charge in [-0.2, -0.15) is 4.68 Å². The summed E-state index contributed by atoms with van der Waals surface area (Å²) in [5.74, 6) is 0.942. The zero-order chi connectivity index (χ0) is 17.6. The lowest BCUT2D eigenvalue weighted by atomic mass is 10.2. The van der Waals surface area contributed by atoms with Crippen LogP contribution in [0.15, 0.2) is 53.0 Å². The Balaban J connectivity index is 1.55. The molecule has 0 aliphatic carbocycles. The SMILES string of the molecule is Cc1ccc(OCC(=O)NCc2nnnn2-c2ccc(Br)cc2)cc1. The zero-order valence-corrected chi connectivity index (χ0v) is 15.1. The summed E-state index contributed by atoms with van der Waals surface area (Å²) in [6, 6.07) is 15.1. The molecule has 3 rings (SSSR count). The Hall–Kier alpha value is -2.74. The molecule has 1 heterocycles. The molecule has 0 bridgehead atoms. The number of amides is 1. The van der Waals surface area contributed by atoms with Gasteiger partial charge in [0.25, 0.3) is 5.91 Å². The van der Waals surface area contributed by atoms with Crippen LogP contribution in [0.3, 0.4) is 0 Å². The molecule has 8 heteroatoms. The van der Waals surface area contributed by atoms with Gasteiger partial charge in [0.1, 0.15) is 5.75 Å². The van der Waals surface area contributed by atoms with Crippen molar-refractivity contribution in [3.8, 4) is 11.4 Å². The Labute approximate surface area is 153 Å². The first-order valence-corrected chi connectivity index (χ1v) is 8.40. The summed E-state index contributed by atoms with van der Waals surface area (Å²) in [5.41, 5.74) is 1.95. The van der Waals surface area contributed by atoms with Crippen molar-refractivity contribution in [2.45, 2.75) is 13.5 Å². The van der Waals surface area contributed by atoms with E-state index in [1.54, 1.807) is 4.68 Å². The number of nitrogens with zero attached hydrogens (tertiary/aromatic N) is 4. The van der Waals surface area contributed by atoms with Crippen molar-refractivity contribution in [1.82, 2.24) is 25.5 Å². The summed E-state index contributed by atoms with van der Waals surface area (Å²) >= 11 is 3.39. The van der Waals surface area contributed by atoms with Gasteiger partial charge in [-0.25, -0.2) is 0 Å². The molecule has 0 radical (unpaired) electrons. The highest BCUT2D eigenvalue weighted by molar-refractivity contribution is 9.10. The number of tetrazole rings is 1. The van der Waals surface area contributed by atoms with Gasteiger partial charge in [-0.15, -0.1) is 5.10 Å². The van der Waals surface area contributed by atoms with Crippen molar-refractivity contribution in [3.63, 3.8) is 0 Å². The van der Waals surface area contributed by atoms with Crippen LogP contribution in [-0.2, 0) is 11.3 Å². The van der Waals surface area contributed by atoms with Gasteiger partial charge in [0.05, 0.1) is 12.2 Å². The molecule has 0 saturated heterocycles. The molecule has 0 fully saturated rings. The van der Waals surface area contributed by atoms with Crippen LogP contribution in [0.5, 0.6) is 5.75 Å². The van der Waals surface area contributed by atoms with E-state index in [0.29, 0.717) is 11.6 Å². The minimum Gasteiger partial charge on any atom is -0.484 e. The molecule has 3 aromatic rings. The fourth-order valence-corrected chi connectivity index (χ4v) is 2.38. The van der Waals surface area contributed by atoms with Crippen LogP contribution in [0.4, 0.5) is 0 Å². The minimum atomic E-state index is -0.245. The van der Waals surface area contributed by atoms with Crippen molar-refractivity contribution in [2.24, 2.45) is 0 Å². The highest BCUT2D eigenvalue weighted by atomic mass is 79.9. The Morgan fingerprint density at radius 2 is 1.88 bits per heavy atom. The zero-order valence-electron chi connectivity index (χ0n) is 13.5. The maximum Gasteiger partial charge on any atom is 0.258 e. The van der Waals surface area contributed by atoms with E-state index in [9.17, 15) is 4.79 Å². The first-order valence-electron chi connectivity index (χ1n) is 7.61. The van der Waals surface area contributed by atoms with Crippen LogP contribution < -0.4 is 10.1 Å². The van der Waals surface area contributed by atoms with Gasteiger partial charge in [0.15, 0.2) is 12.4 Å². The van der Waals surface area contributed by atoms with E-state index in [2.05, 4.69) is 36.8 Å². The molecule has 0 saturated carbocycles. The van der Waals surface area contributed by atoms with E-state index >= 15 is 0 Å². The van der Waals surface area contributed by atoms with E-state index in [0.717, 1.165) is 15.7 Å². The number of carbonyl (C=O) groups is 1. The summed E-state index contributed by atoms with van der Waals surface area (Å²) in [7, 11) is 0. The minimum absolute atomic E-state index is 0.0666. The third-order valence-electron chi connectivity index (χ3n) is 3.44. The Kier molecular flexibility index (Phi) is 5.39. The summed E-state index contributed by atoms with van der Waals surface area (Å²) < 4.78 is 7.99. The van der Waals surface area contributed by atoms with Crippen LogP contribution in [0.1, 0.15) is 11.4 Å². The van der Waals surface area contributed by atoms with E-state index in [1.165, 1.54) is 0 Å². The van der Waals surface area contributed by atoms with Crippen LogP contribution in [-0.4, -0.2) is 32.7 Å². The standard InChI is InChI=1S/C17H16BrN5O2/c1-12-2-8-15(9-3-12)25-11-17(24)19-10-16-20-21-22-23(16)14-6-4-13(18)5-7-14/h2-9H,10-11H2,1H3,(H,19,24). The highest BCUT2D eigenvalue weighted by Crippen LogP contribution is 2.14. The predicted molar refractivity (Wildman–Crippen MR) is 95.4 cm³/mol. The van der Waals surface area contributed by atoms with Gasteiger partial charge in [-0.3, -0.25) is 4.79 Å². The van der Waals surface area contributed by atoms with Crippen LogP contribution in [0.25, 0.3) is 5.69 Å². The topological polar surface area (TPSA) is 81.9 Å². The lowest BCUT2D eigenvalue weighted by molar-refractivity contribution is -0.123. The molecule has 7 nitrogen and oxygen atoms in total. The largest absolute Gasteiger partial charge is 0.484 e. The van der Waals surface area contributed by atoms with Gasteiger partial charge in [0.2, 0.25) is 0 Å². The predicted octanol–water partition coefficient (Wildman–Crippen LogP) is 2.43. The van der Waals surface area contributed by atoms with Gasteiger partial charge in [-0.05, 0) is 53.7 Å². The molecular weight excluding hydrogens is 386 g/mol. The second-order valence-corrected chi connectivity index (χ2v) is 6.28. The number of ether oxygens (including phenoxy) is 1. The Morgan fingerprint density at radius 1 is 1.16 bits per heavy atom. The smallest absolute Gasteiger partial charge is 0.258 e. The van der Waals surface area contributed by atoms with E-state index in [4.69, 9.17) is 4.74 Å². The van der Waals surface area contributed by atoms with Crippen molar-refractivity contribution >= 4 is 21.8 Å². The average Bonchev–Trinajstić information content (AvgIpc) is 3.09. The lowest BCUT2D eigenvalue weighted by Gasteiger charge is -2.08. The Bertz CT molecular complexity index is 846. The quantitative estimate of drug-likeness (QED) is 0.685. The fourth-order valence-electron chi connectivity index (χ4n) is 2.11. The molecule has 1 N–H and O–H groups in total. The molecule has 1 amide bonds. The fraction of sp³-hybridized carbons (Fsp3) is 0.176. The average molecular weight is 402 g/mol.